The topological polar surface area (TPSA) is 101 Å². The van der Waals surface area contributed by atoms with Crippen LogP contribution in [0.2, 0.25) is 5.02 Å². The van der Waals surface area contributed by atoms with Gasteiger partial charge < -0.3 is 25.2 Å². The molecule has 43 heavy (non-hydrogen) atoms. The van der Waals surface area contributed by atoms with Crippen LogP contribution >= 0.6 is 11.6 Å². The molecule has 1 aliphatic heterocycles. The highest BCUT2D eigenvalue weighted by atomic mass is 35.5. The standard InChI is InChI=1S/C30H35ClF3N7O2/c1-6-25(42)40-10-11-41(17(3)15-40)28-19-13-20(31)18(27-26(30(32,33)34)16(2)12-24(35)37-27)14-21(19)36-29(38-28)43-23-9-7-8-22(23)39(4)5/h6,12-14,17,22-23H,1,7-11,15H2,2-5H3,(H2,35,37)/t17-,22?,23?/m0/s1. The number of benzene rings is 1. The number of nitrogen functional groups attached to an aromatic ring is 1. The van der Waals surface area contributed by atoms with Crippen molar-refractivity contribution in [3.8, 4) is 17.3 Å². The maximum Gasteiger partial charge on any atom is 0.418 e. The van der Waals surface area contributed by atoms with Gasteiger partial charge in [-0.3, -0.25) is 4.79 Å². The molecule has 0 radical (unpaired) electrons. The van der Waals surface area contributed by atoms with Gasteiger partial charge in [0.2, 0.25) is 5.91 Å². The zero-order chi connectivity index (χ0) is 31.2. The molecule has 3 atom stereocenters. The molecule has 3 aromatic rings. The predicted octanol–water partition coefficient (Wildman–Crippen LogP) is 5.34. The minimum Gasteiger partial charge on any atom is -0.458 e. The molecule has 2 fully saturated rings. The van der Waals surface area contributed by atoms with Crippen LogP contribution in [0.4, 0.5) is 24.8 Å². The molecule has 0 spiro atoms. The van der Waals surface area contributed by atoms with E-state index in [-0.39, 0.29) is 57.8 Å². The number of anilines is 2. The van der Waals surface area contributed by atoms with Crippen molar-refractivity contribution in [1.29, 1.82) is 0 Å². The number of nitrogens with zero attached hydrogens (tertiary/aromatic N) is 6. The van der Waals surface area contributed by atoms with E-state index >= 15 is 0 Å². The number of aryl methyl sites for hydroxylation is 1. The van der Waals surface area contributed by atoms with Crippen molar-refractivity contribution in [1.82, 2.24) is 24.8 Å². The minimum absolute atomic E-state index is 0.0469. The number of fused-ring (bicyclic) bond motifs is 1. The molecule has 1 saturated heterocycles. The molecule has 230 valence electrons. The molecule has 0 bridgehead atoms. The van der Waals surface area contributed by atoms with E-state index in [1.165, 1.54) is 25.1 Å². The lowest BCUT2D eigenvalue weighted by Crippen LogP contribution is -2.53. The second-order valence-electron chi connectivity index (χ2n) is 11.4. The third-order valence-electron chi connectivity index (χ3n) is 8.24. The van der Waals surface area contributed by atoms with Crippen molar-refractivity contribution in [3.05, 3.63) is 47.0 Å². The van der Waals surface area contributed by atoms with Gasteiger partial charge in [0.15, 0.2) is 0 Å². The predicted molar refractivity (Wildman–Crippen MR) is 161 cm³/mol. The van der Waals surface area contributed by atoms with E-state index in [2.05, 4.69) is 21.4 Å². The maximum absolute atomic E-state index is 14.2. The first-order valence-electron chi connectivity index (χ1n) is 14.2. The van der Waals surface area contributed by atoms with Gasteiger partial charge in [-0.25, -0.2) is 4.98 Å². The second kappa shape index (κ2) is 11.8. The van der Waals surface area contributed by atoms with Crippen molar-refractivity contribution in [2.45, 2.75) is 57.5 Å². The van der Waals surface area contributed by atoms with E-state index < -0.39 is 11.7 Å². The van der Waals surface area contributed by atoms with Crippen molar-refractivity contribution >= 4 is 40.0 Å². The van der Waals surface area contributed by atoms with Crippen LogP contribution in [0.5, 0.6) is 6.01 Å². The van der Waals surface area contributed by atoms with Crippen LogP contribution in [0.1, 0.15) is 37.3 Å². The SMILES string of the molecule is C=CC(=O)N1CCN(c2nc(OC3CCCC3N(C)C)nc3cc(-c4nc(N)cc(C)c4C(F)(F)F)c(Cl)cc23)[C@@H](C)C1. The van der Waals surface area contributed by atoms with E-state index in [1.807, 2.05) is 25.9 Å². The number of piperazine rings is 1. The van der Waals surface area contributed by atoms with Gasteiger partial charge in [0.25, 0.3) is 0 Å². The Hall–Kier alpha value is -3.64. The van der Waals surface area contributed by atoms with Gasteiger partial charge >= 0.3 is 12.2 Å². The molecule has 2 aromatic heterocycles. The fraction of sp³-hybridized carbons (Fsp3) is 0.467. The Balaban J connectivity index is 1.67. The summed E-state index contributed by atoms with van der Waals surface area (Å²) in [6.07, 6.45) is -0.766. The van der Waals surface area contributed by atoms with Gasteiger partial charge in [-0.15, -0.1) is 0 Å². The molecule has 2 unspecified atom stereocenters. The summed E-state index contributed by atoms with van der Waals surface area (Å²) in [4.78, 5) is 31.7. The summed E-state index contributed by atoms with van der Waals surface area (Å²) in [5.74, 6) is 0.316. The molecule has 2 N–H and O–H groups in total. The van der Waals surface area contributed by atoms with Crippen LogP contribution in [0, 0.1) is 6.92 Å². The van der Waals surface area contributed by atoms with Crippen molar-refractivity contribution in [3.63, 3.8) is 0 Å². The number of amides is 1. The largest absolute Gasteiger partial charge is 0.458 e. The summed E-state index contributed by atoms with van der Waals surface area (Å²) in [6.45, 7) is 8.24. The Kier molecular flexibility index (Phi) is 8.45. The molecule has 1 aromatic carbocycles. The number of hydrogen-bond acceptors (Lipinski definition) is 8. The summed E-state index contributed by atoms with van der Waals surface area (Å²) >= 11 is 6.70. The van der Waals surface area contributed by atoms with Gasteiger partial charge in [0.1, 0.15) is 17.7 Å². The third-order valence-corrected chi connectivity index (χ3v) is 8.56. The monoisotopic (exact) mass is 617 g/mol. The molecule has 13 heteroatoms. The van der Waals surface area contributed by atoms with Gasteiger partial charge in [-0.05, 0) is 77.0 Å². The zero-order valence-electron chi connectivity index (χ0n) is 24.6. The first kappa shape index (κ1) is 30.8. The molecular weight excluding hydrogens is 583 g/mol. The Bertz CT molecular complexity index is 1570. The van der Waals surface area contributed by atoms with Crippen LogP contribution in [0.15, 0.2) is 30.9 Å². The highest BCUT2D eigenvalue weighted by Crippen LogP contribution is 2.43. The van der Waals surface area contributed by atoms with Crippen LogP contribution in [-0.2, 0) is 11.0 Å². The Morgan fingerprint density at radius 2 is 1.93 bits per heavy atom. The average Bonchev–Trinajstić information content (AvgIpc) is 3.39. The molecule has 2 aliphatic rings. The van der Waals surface area contributed by atoms with Crippen LogP contribution in [0.3, 0.4) is 0 Å². The molecule has 1 saturated carbocycles. The van der Waals surface area contributed by atoms with Gasteiger partial charge in [0, 0.05) is 42.7 Å². The van der Waals surface area contributed by atoms with Crippen molar-refractivity contribution in [2.24, 2.45) is 0 Å². The second-order valence-corrected chi connectivity index (χ2v) is 11.8. The first-order valence-corrected chi connectivity index (χ1v) is 14.5. The summed E-state index contributed by atoms with van der Waals surface area (Å²) in [6, 6.07) is 4.40. The summed E-state index contributed by atoms with van der Waals surface area (Å²) in [7, 11) is 4.00. The van der Waals surface area contributed by atoms with E-state index in [0.717, 1.165) is 19.3 Å². The van der Waals surface area contributed by atoms with Crippen LogP contribution in [0.25, 0.3) is 22.2 Å². The van der Waals surface area contributed by atoms with E-state index in [9.17, 15) is 18.0 Å². The maximum atomic E-state index is 14.2. The van der Waals surface area contributed by atoms with Crippen molar-refractivity contribution < 1.29 is 22.7 Å². The lowest BCUT2D eigenvalue weighted by molar-refractivity contribution is -0.137. The van der Waals surface area contributed by atoms with Crippen LogP contribution in [-0.4, -0.2) is 82.6 Å². The fourth-order valence-corrected chi connectivity index (χ4v) is 6.44. The Morgan fingerprint density at radius 1 is 1.19 bits per heavy atom. The molecular formula is C30H35ClF3N7O2. The molecule has 1 aliphatic carbocycles. The fourth-order valence-electron chi connectivity index (χ4n) is 6.19. The number of ether oxygens (including phenoxy) is 1. The third kappa shape index (κ3) is 6.08. The smallest absolute Gasteiger partial charge is 0.418 e. The Morgan fingerprint density at radius 3 is 2.58 bits per heavy atom. The molecule has 1 amide bonds. The number of nitrogens with two attached hydrogens (primary N) is 1. The number of pyridine rings is 1. The zero-order valence-corrected chi connectivity index (χ0v) is 25.3. The number of alkyl halides is 3. The summed E-state index contributed by atoms with van der Waals surface area (Å²) in [5, 5.41) is 0.590. The van der Waals surface area contributed by atoms with Crippen molar-refractivity contribution in [2.75, 3.05) is 44.4 Å². The number of halogens is 4. The van der Waals surface area contributed by atoms with E-state index in [4.69, 9.17) is 27.1 Å². The number of carbonyl (C=O) groups is 1. The van der Waals surface area contributed by atoms with Gasteiger partial charge in [-0.2, -0.15) is 23.1 Å². The quantitative estimate of drug-likeness (QED) is 0.370. The minimum atomic E-state index is -4.69. The van der Waals surface area contributed by atoms with Gasteiger partial charge in [-0.1, -0.05) is 18.2 Å². The number of hydrogen-bond donors (Lipinski definition) is 1. The number of carbonyl (C=O) groups excluding carboxylic acids is 1. The summed E-state index contributed by atoms with van der Waals surface area (Å²) in [5.41, 5.74) is 4.95. The number of rotatable bonds is 6. The summed E-state index contributed by atoms with van der Waals surface area (Å²) < 4.78 is 49.0. The normalized spacial score (nSPS) is 21.1. The number of aromatic nitrogens is 3. The first-order chi connectivity index (χ1) is 20.3. The van der Waals surface area contributed by atoms with E-state index in [0.29, 0.717) is 36.4 Å². The van der Waals surface area contributed by atoms with E-state index in [1.54, 1.807) is 11.0 Å². The molecule has 3 heterocycles. The lowest BCUT2D eigenvalue weighted by atomic mass is 9.99. The van der Waals surface area contributed by atoms with Gasteiger partial charge in [0.05, 0.1) is 21.8 Å². The number of likely N-dealkylation sites (N-methyl/N-ethyl adjacent to an activating group) is 1. The highest BCUT2D eigenvalue weighted by molar-refractivity contribution is 6.34. The molecule has 9 nitrogen and oxygen atoms in total. The highest BCUT2D eigenvalue weighted by Gasteiger charge is 2.38. The van der Waals surface area contributed by atoms with Crippen LogP contribution < -0.4 is 15.4 Å². The molecule has 5 rings (SSSR count). The average molecular weight is 618 g/mol. The lowest BCUT2D eigenvalue weighted by Gasteiger charge is -2.40. The Labute approximate surface area is 253 Å².